The van der Waals surface area contributed by atoms with Crippen LogP contribution in [0.4, 0.5) is 13.2 Å². The highest BCUT2D eigenvalue weighted by Crippen LogP contribution is 2.20. The van der Waals surface area contributed by atoms with Crippen LogP contribution < -0.4 is 5.73 Å². The number of hydrogen-bond donors (Lipinski definition) is 2. The summed E-state index contributed by atoms with van der Waals surface area (Å²) in [5.41, 5.74) is 5.35. The molecule has 0 aromatic carbocycles. The van der Waals surface area contributed by atoms with Crippen LogP contribution in [0.25, 0.3) is 0 Å². The molecule has 5 nitrogen and oxygen atoms in total. The normalized spacial score (nSPS) is 14.4. The fourth-order valence-electron chi connectivity index (χ4n) is 1.43. The average molecular weight is 269 g/mol. The van der Waals surface area contributed by atoms with E-state index in [9.17, 15) is 18.0 Å². The number of nitrogens with zero attached hydrogens (tertiary/aromatic N) is 2. The highest BCUT2D eigenvalue weighted by molar-refractivity contribution is 6.01. The van der Waals surface area contributed by atoms with Crippen LogP contribution >= 0.6 is 0 Å². The van der Waals surface area contributed by atoms with E-state index in [4.69, 9.17) is 10.9 Å². The van der Waals surface area contributed by atoms with Crippen molar-refractivity contribution < 1.29 is 23.2 Å². The first-order valence-electron chi connectivity index (χ1n) is 5.52. The van der Waals surface area contributed by atoms with E-state index in [1.165, 1.54) is 7.05 Å². The molecule has 0 aliphatic carbocycles. The fraction of sp³-hybridized carbons (Fsp3) is 0.800. The number of nitrogens with two attached hydrogens (primary N) is 1. The molecule has 0 spiro atoms. The summed E-state index contributed by atoms with van der Waals surface area (Å²) in [6, 6.07) is 0. The molecule has 0 radical (unpaired) electrons. The van der Waals surface area contributed by atoms with Gasteiger partial charge in [0.05, 0.1) is 12.3 Å². The lowest BCUT2D eigenvalue weighted by Gasteiger charge is -2.23. The fourth-order valence-corrected chi connectivity index (χ4v) is 1.43. The first kappa shape index (κ1) is 16.5. The molecule has 0 aromatic heterocycles. The van der Waals surface area contributed by atoms with Gasteiger partial charge >= 0.3 is 6.18 Å². The van der Waals surface area contributed by atoms with Crippen LogP contribution in [0.5, 0.6) is 0 Å². The Bertz CT molecular complexity index is 305. The molecule has 0 aromatic rings. The minimum atomic E-state index is -4.31. The van der Waals surface area contributed by atoms with E-state index in [1.54, 1.807) is 6.92 Å². The number of amidine groups is 1. The molecule has 0 heterocycles. The molecule has 1 atom stereocenters. The van der Waals surface area contributed by atoms with Gasteiger partial charge in [0.2, 0.25) is 5.91 Å². The van der Waals surface area contributed by atoms with Gasteiger partial charge in [0, 0.05) is 13.6 Å². The van der Waals surface area contributed by atoms with Crippen molar-refractivity contribution in [1.82, 2.24) is 4.90 Å². The number of alkyl halides is 3. The molecule has 0 saturated heterocycles. The van der Waals surface area contributed by atoms with Gasteiger partial charge in [-0.15, -0.1) is 0 Å². The largest absolute Gasteiger partial charge is 0.409 e. The van der Waals surface area contributed by atoms with Gasteiger partial charge in [0.25, 0.3) is 0 Å². The summed E-state index contributed by atoms with van der Waals surface area (Å²) in [5, 5.41) is 11.3. The Hall–Kier alpha value is -1.47. The van der Waals surface area contributed by atoms with Gasteiger partial charge < -0.3 is 15.8 Å². The van der Waals surface area contributed by atoms with E-state index in [0.29, 0.717) is 12.8 Å². The maximum Gasteiger partial charge on any atom is 0.390 e. The highest BCUT2D eigenvalue weighted by atomic mass is 19.4. The number of oxime groups is 1. The molecule has 1 unspecified atom stereocenters. The molecule has 0 fully saturated rings. The number of carbonyl (C=O) groups excluding carboxylic acids is 1. The lowest BCUT2D eigenvalue weighted by atomic mass is 10.0. The van der Waals surface area contributed by atoms with E-state index < -0.39 is 31.0 Å². The van der Waals surface area contributed by atoms with Crippen molar-refractivity contribution in [2.75, 3.05) is 13.6 Å². The third-order valence-corrected chi connectivity index (χ3v) is 2.45. The van der Waals surface area contributed by atoms with E-state index >= 15 is 0 Å². The summed E-state index contributed by atoms with van der Waals surface area (Å²) < 4.78 is 36.1. The molecule has 0 bridgehead atoms. The summed E-state index contributed by atoms with van der Waals surface area (Å²) in [6.45, 7) is 1.35. The topological polar surface area (TPSA) is 78.9 Å². The zero-order valence-corrected chi connectivity index (χ0v) is 10.4. The molecule has 106 valence electrons. The molecule has 0 aliphatic rings. The maximum atomic E-state index is 12.0. The van der Waals surface area contributed by atoms with Crippen LogP contribution in [0.15, 0.2) is 5.16 Å². The summed E-state index contributed by atoms with van der Waals surface area (Å²) >= 11 is 0. The van der Waals surface area contributed by atoms with Crippen LogP contribution in [0.3, 0.4) is 0 Å². The standard InChI is InChI=1S/C10H18F3N3O2/c1-3-4-7(8(14)15-18)9(17)16(2)6-5-10(11,12)13/h7,18H,3-6H2,1-2H3,(H2,14,15). The van der Waals surface area contributed by atoms with Crippen molar-refractivity contribution in [3.63, 3.8) is 0 Å². The van der Waals surface area contributed by atoms with Crippen molar-refractivity contribution >= 4 is 11.7 Å². The highest BCUT2D eigenvalue weighted by Gasteiger charge is 2.30. The van der Waals surface area contributed by atoms with Gasteiger partial charge in [-0.05, 0) is 6.42 Å². The van der Waals surface area contributed by atoms with E-state index in [2.05, 4.69) is 5.16 Å². The summed E-state index contributed by atoms with van der Waals surface area (Å²) in [5.74, 6) is -1.73. The number of rotatable bonds is 6. The Morgan fingerprint density at radius 1 is 1.50 bits per heavy atom. The Labute approximate surface area is 103 Å². The molecule has 0 aliphatic heterocycles. The smallest absolute Gasteiger partial charge is 0.390 e. The minimum Gasteiger partial charge on any atom is -0.409 e. The molecule has 0 saturated carbocycles. The summed E-state index contributed by atoms with van der Waals surface area (Å²) in [7, 11) is 1.27. The van der Waals surface area contributed by atoms with Crippen LogP contribution in [0.2, 0.25) is 0 Å². The second-order valence-corrected chi connectivity index (χ2v) is 3.99. The van der Waals surface area contributed by atoms with Gasteiger partial charge in [-0.1, -0.05) is 18.5 Å². The van der Waals surface area contributed by atoms with E-state index in [0.717, 1.165) is 4.90 Å². The van der Waals surface area contributed by atoms with Crippen LogP contribution in [-0.2, 0) is 4.79 Å². The second kappa shape index (κ2) is 7.07. The Morgan fingerprint density at radius 2 is 2.06 bits per heavy atom. The Kier molecular flexibility index (Phi) is 6.50. The van der Waals surface area contributed by atoms with Crippen molar-refractivity contribution in [2.24, 2.45) is 16.8 Å². The number of halogens is 3. The van der Waals surface area contributed by atoms with Crippen molar-refractivity contribution in [1.29, 1.82) is 0 Å². The van der Waals surface area contributed by atoms with Crippen LogP contribution in [0, 0.1) is 5.92 Å². The molecule has 1 amide bonds. The van der Waals surface area contributed by atoms with Crippen LogP contribution in [-0.4, -0.2) is 41.6 Å². The van der Waals surface area contributed by atoms with Gasteiger partial charge in [-0.2, -0.15) is 13.2 Å². The summed E-state index contributed by atoms with van der Waals surface area (Å²) in [6.07, 6.45) is -4.47. The van der Waals surface area contributed by atoms with E-state index in [1.807, 2.05) is 0 Å². The third-order valence-electron chi connectivity index (χ3n) is 2.45. The first-order chi connectivity index (χ1) is 8.22. The average Bonchev–Trinajstić information content (AvgIpc) is 2.30. The number of hydrogen-bond acceptors (Lipinski definition) is 3. The lowest BCUT2D eigenvalue weighted by molar-refractivity contribution is -0.145. The van der Waals surface area contributed by atoms with Gasteiger partial charge in [0.15, 0.2) is 5.84 Å². The van der Waals surface area contributed by atoms with Crippen molar-refractivity contribution in [3.05, 3.63) is 0 Å². The molecular weight excluding hydrogens is 251 g/mol. The Morgan fingerprint density at radius 3 is 2.44 bits per heavy atom. The SMILES string of the molecule is CCCC(C(=O)N(C)CCC(F)(F)F)C(N)=NO. The first-order valence-corrected chi connectivity index (χ1v) is 5.52. The van der Waals surface area contributed by atoms with Crippen molar-refractivity contribution in [2.45, 2.75) is 32.4 Å². The van der Waals surface area contributed by atoms with Crippen molar-refractivity contribution in [3.8, 4) is 0 Å². The summed E-state index contributed by atoms with van der Waals surface area (Å²) in [4.78, 5) is 12.8. The molecule has 3 N–H and O–H groups in total. The maximum absolute atomic E-state index is 12.0. The predicted molar refractivity (Wildman–Crippen MR) is 60.1 cm³/mol. The second-order valence-electron chi connectivity index (χ2n) is 3.99. The molecule has 8 heteroatoms. The zero-order valence-electron chi connectivity index (χ0n) is 10.4. The van der Waals surface area contributed by atoms with Gasteiger partial charge in [0.1, 0.15) is 0 Å². The van der Waals surface area contributed by atoms with Gasteiger partial charge in [-0.3, -0.25) is 4.79 Å². The van der Waals surface area contributed by atoms with Crippen LogP contribution in [0.1, 0.15) is 26.2 Å². The monoisotopic (exact) mass is 269 g/mol. The number of carbonyl (C=O) groups is 1. The third kappa shape index (κ3) is 5.74. The van der Waals surface area contributed by atoms with E-state index in [-0.39, 0.29) is 5.84 Å². The molecule has 0 rings (SSSR count). The molecular formula is C10H18F3N3O2. The minimum absolute atomic E-state index is 0.277. The quantitative estimate of drug-likeness (QED) is 0.332. The zero-order chi connectivity index (χ0) is 14.3. The number of amides is 1. The predicted octanol–water partition coefficient (Wildman–Crippen LogP) is 1.56. The molecule has 18 heavy (non-hydrogen) atoms. The lowest BCUT2D eigenvalue weighted by Crippen LogP contribution is -2.41. The Balaban J connectivity index is 4.57. The van der Waals surface area contributed by atoms with Gasteiger partial charge in [-0.25, -0.2) is 0 Å².